The van der Waals surface area contributed by atoms with Gasteiger partial charge in [0.25, 0.3) is 0 Å². The van der Waals surface area contributed by atoms with Crippen LogP contribution < -0.4 is 10.6 Å². The normalized spacial score (nSPS) is 28.8. The van der Waals surface area contributed by atoms with Crippen molar-refractivity contribution in [3.63, 3.8) is 0 Å². The van der Waals surface area contributed by atoms with Crippen molar-refractivity contribution in [2.24, 2.45) is 0 Å². The van der Waals surface area contributed by atoms with Crippen molar-refractivity contribution in [3.8, 4) is 0 Å². The molecule has 0 aromatic carbocycles. The monoisotopic (exact) mass is 227 g/mol. The van der Waals surface area contributed by atoms with Gasteiger partial charge in [0.2, 0.25) is 5.91 Å². The minimum absolute atomic E-state index is 0.0828. The SMILES string of the molecule is CCNC(=O)C(C)NC1CCN(C)C(C)C1. The summed E-state index contributed by atoms with van der Waals surface area (Å²) in [7, 11) is 2.16. The van der Waals surface area contributed by atoms with Gasteiger partial charge in [-0.05, 0) is 47.2 Å². The molecule has 0 aromatic heterocycles. The van der Waals surface area contributed by atoms with Crippen LogP contribution in [0.2, 0.25) is 0 Å². The molecular formula is C12H25N3O. The van der Waals surface area contributed by atoms with E-state index in [-0.39, 0.29) is 11.9 Å². The summed E-state index contributed by atoms with van der Waals surface area (Å²) < 4.78 is 0. The Hall–Kier alpha value is -0.610. The van der Waals surface area contributed by atoms with Gasteiger partial charge in [0.05, 0.1) is 6.04 Å². The second-order valence-corrected chi connectivity index (χ2v) is 4.83. The van der Waals surface area contributed by atoms with E-state index in [9.17, 15) is 4.79 Å². The number of rotatable bonds is 4. The minimum Gasteiger partial charge on any atom is -0.355 e. The predicted octanol–water partition coefficient (Wildman–Crippen LogP) is 0.583. The number of likely N-dealkylation sites (tertiary alicyclic amines) is 1. The first-order chi connectivity index (χ1) is 7.54. The number of hydrogen-bond acceptors (Lipinski definition) is 3. The van der Waals surface area contributed by atoms with E-state index in [4.69, 9.17) is 0 Å². The number of nitrogens with one attached hydrogen (secondary N) is 2. The van der Waals surface area contributed by atoms with Gasteiger partial charge in [-0.2, -0.15) is 0 Å². The smallest absolute Gasteiger partial charge is 0.236 e. The number of carbonyl (C=O) groups excluding carboxylic acids is 1. The van der Waals surface area contributed by atoms with Crippen molar-refractivity contribution in [1.29, 1.82) is 0 Å². The van der Waals surface area contributed by atoms with Gasteiger partial charge >= 0.3 is 0 Å². The zero-order valence-corrected chi connectivity index (χ0v) is 10.9. The van der Waals surface area contributed by atoms with E-state index in [1.165, 1.54) is 0 Å². The number of hydrogen-bond donors (Lipinski definition) is 2. The summed E-state index contributed by atoms with van der Waals surface area (Å²) in [6.07, 6.45) is 2.25. The highest BCUT2D eigenvalue weighted by Crippen LogP contribution is 2.15. The molecule has 4 nitrogen and oxygen atoms in total. The molecule has 0 saturated carbocycles. The molecule has 1 aliphatic heterocycles. The number of amides is 1. The summed E-state index contributed by atoms with van der Waals surface area (Å²) in [6.45, 7) is 7.94. The van der Waals surface area contributed by atoms with Crippen LogP contribution >= 0.6 is 0 Å². The number of likely N-dealkylation sites (N-methyl/N-ethyl adjacent to an activating group) is 1. The summed E-state index contributed by atoms with van der Waals surface area (Å²) in [4.78, 5) is 13.9. The lowest BCUT2D eigenvalue weighted by Gasteiger charge is -2.36. The Kier molecular flexibility index (Phi) is 5.22. The van der Waals surface area contributed by atoms with E-state index >= 15 is 0 Å². The van der Waals surface area contributed by atoms with Crippen LogP contribution in [0, 0.1) is 0 Å². The molecule has 1 amide bonds. The third-order valence-electron chi connectivity index (χ3n) is 3.44. The van der Waals surface area contributed by atoms with Crippen molar-refractivity contribution in [2.75, 3.05) is 20.1 Å². The van der Waals surface area contributed by atoms with Gasteiger partial charge in [0, 0.05) is 18.6 Å². The molecule has 0 aliphatic carbocycles. The molecule has 4 heteroatoms. The molecule has 0 spiro atoms. The zero-order chi connectivity index (χ0) is 12.1. The van der Waals surface area contributed by atoms with Gasteiger partial charge in [0.1, 0.15) is 0 Å². The molecule has 3 unspecified atom stereocenters. The lowest BCUT2D eigenvalue weighted by Crippen LogP contribution is -2.51. The maximum absolute atomic E-state index is 11.6. The second kappa shape index (κ2) is 6.21. The molecular weight excluding hydrogens is 202 g/mol. The van der Waals surface area contributed by atoms with E-state index in [1.807, 2.05) is 13.8 Å². The first kappa shape index (κ1) is 13.5. The molecule has 1 aliphatic rings. The van der Waals surface area contributed by atoms with Gasteiger partial charge in [-0.15, -0.1) is 0 Å². The van der Waals surface area contributed by atoms with Crippen molar-refractivity contribution in [3.05, 3.63) is 0 Å². The Bertz CT molecular complexity index is 232. The molecule has 1 fully saturated rings. The summed E-state index contributed by atoms with van der Waals surface area (Å²) in [5.74, 6) is 0.106. The molecule has 2 N–H and O–H groups in total. The quantitative estimate of drug-likeness (QED) is 0.738. The van der Waals surface area contributed by atoms with Crippen molar-refractivity contribution in [1.82, 2.24) is 15.5 Å². The lowest BCUT2D eigenvalue weighted by molar-refractivity contribution is -0.122. The molecule has 3 atom stereocenters. The summed E-state index contributed by atoms with van der Waals surface area (Å²) in [6, 6.07) is 0.997. The predicted molar refractivity (Wildman–Crippen MR) is 66.4 cm³/mol. The largest absolute Gasteiger partial charge is 0.355 e. The van der Waals surface area contributed by atoms with Crippen LogP contribution in [0.5, 0.6) is 0 Å². The highest BCUT2D eigenvalue weighted by atomic mass is 16.2. The number of piperidine rings is 1. The van der Waals surface area contributed by atoms with E-state index in [0.29, 0.717) is 18.6 Å². The highest BCUT2D eigenvalue weighted by molar-refractivity contribution is 5.81. The Morgan fingerprint density at radius 3 is 2.81 bits per heavy atom. The Labute approximate surface area is 98.8 Å². The van der Waals surface area contributed by atoms with Crippen LogP contribution in [0.25, 0.3) is 0 Å². The molecule has 0 bridgehead atoms. The topological polar surface area (TPSA) is 44.4 Å². The van der Waals surface area contributed by atoms with E-state index in [0.717, 1.165) is 19.4 Å². The van der Waals surface area contributed by atoms with Crippen molar-refractivity contribution < 1.29 is 4.79 Å². The third kappa shape index (κ3) is 3.76. The van der Waals surface area contributed by atoms with Crippen LogP contribution in [0.15, 0.2) is 0 Å². The highest BCUT2D eigenvalue weighted by Gasteiger charge is 2.25. The van der Waals surface area contributed by atoms with Crippen LogP contribution in [-0.2, 0) is 4.79 Å². The van der Waals surface area contributed by atoms with Gasteiger partial charge in [-0.25, -0.2) is 0 Å². The molecule has 0 radical (unpaired) electrons. The average Bonchev–Trinajstić information content (AvgIpc) is 2.24. The standard InChI is InChI=1S/C12H25N3O/c1-5-13-12(16)10(3)14-11-6-7-15(4)9(2)8-11/h9-11,14H,5-8H2,1-4H3,(H,13,16). The maximum atomic E-state index is 11.6. The van der Waals surface area contributed by atoms with E-state index in [2.05, 4.69) is 29.5 Å². The molecule has 16 heavy (non-hydrogen) atoms. The van der Waals surface area contributed by atoms with Crippen LogP contribution in [-0.4, -0.2) is 49.1 Å². The van der Waals surface area contributed by atoms with Gasteiger partial charge in [0.15, 0.2) is 0 Å². The van der Waals surface area contributed by atoms with Gasteiger partial charge < -0.3 is 15.5 Å². The Balaban J connectivity index is 2.34. The molecule has 1 saturated heterocycles. The maximum Gasteiger partial charge on any atom is 0.236 e. The molecule has 0 aromatic rings. The first-order valence-corrected chi connectivity index (χ1v) is 6.28. The van der Waals surface area contributed by atoms with E-state index in [1.54, 1.807) is 0 Å². The third-order valence-corrected chi connectivity index (χ3v) is 3.44. The minimum atomic E-state index is -0.0828. The van der Waals surface area contributed by atoms with E-state index < -0.39 is 0 Å². The Morgan fingerprint density at radius 2 is 2.25 bits per heavy atom. The van der Waals surface area contributed by atoms with Gasteiger partial charge in [-0.3, -0.25) is 4.79 Å². The summed E-state index contributed by atoms with van der Waals surface area (Å²) in [5.41, 5.74) is 0. The van der Waals surface area contributed by atoms with Crippen LogP contribution in [0.4, 0.5) is 0 Å². The summed E-state index contributed by atoms with van der Waals surface area (Å²) >= 11 is 0. The fourth-order valence-corrected chi connectivity index (χ4v) is 2.20. The first-order valence-electron chi connectivity index (χ1n) is 6.28. The fraction of sp³-hybridized carbons (Fsp3) is 0.917. The van der Waals surface area contributed by atoms with Crippen LogP contribution in [0.3, 0.4) is 0 Å². The molecule has 94 valence electrons. The zero-order valence-electron chi connectivity index (χ0n) is 10.9. The molecule has 1 rings (SSSR count). The van der Waals surface area contributed by atoms with Gasteiger partial charge in [-0.1, -0.05) is 0 Å². The van der Waals surface area contributed by atoms with Crippen molar-refractivity contribution in [2.45, 2.75) is 51.7 Å². The summed E-state index contributed by atoms with van der Waals surface area (Å²) in [5, 5.41) is 6.26. The van der Waals surface area contributed by atoms with Crippen molar-refractivity contribution >= 4 is 5.91 Å². The fourth-order valence-electron chi connectivity index (χ4n) is 2.20. The lowest BCUT2D eigenvalue weighted by atomic mass is 9.98. The molecule has 1 heterocycles. The van der Waals surface area contributed by atoms with Crippen LogP contribution in [0.1, 0.15) is 33.6 Å². The average molecular weight is 227 g/mol. The number of carbonyl (C=O) groups is 1. The second-order valence-electron chi connectivity index (χ2n) is 4.83. The number of nitrogens with zero attached hydrogens (tertiary/aromatic N) is 1. The Morgan fingerprint density at radius 1 is 1.56 bits per heavy atom.